The number of esters is 1. The maximum absolute atomic E-state index is 11.4. The molecule has 72 valence electrons. The van der Waals surface area contributed by atoms with E-state index in [1.807, 2.05) is 0 Å². The molecule has 1 fully saturated rings. The number of hydrogen-bond donors (Lipinski definition) is 0. The van der Waals surface area contributed by atoms with Gasteiger partial charge in [-0.25, -0.2) is 0 Å². The van der Waals surface area contributed by atoms with E-state index >= 15 is 0 Å². The van der Waals surface area contributed by atoms with Crippen molar-refractivity contribution in [2.24, 2.45) is 11.3 Å². The lowest BCUT2D eigenvalue weighted by molar-refractivity contribution is -0.151. The van der Waals surface area contributed by atoms with Gasteiger partial charge in [-0.05, 0) is 31.6 Å². The van der Waals surface area contributed by atoms with Crippen LogP contribution >= 0.6 is 0 Å². The Hall–Kier alpha value is -1.04. The molecule has 0 N–H and O–H groups in total. The summed E-state index contributed by atoms with van der Waals surface area (Å²) in [6.45, 7) is 2.15. The van der Waals surface area contributed by atoms with Gasteiger partial charge in [0.25, 0.3) is 0 Å². The summed E-state index contributed by atoms with van der Waals surface area (Å²) < 4.78 is 4.66. The van der Waals surface area contributed by atoms with Gasteiger partial charge < -0.3 is 4.74 Å². The summed E-state index contributed by atoms with van der Waals surface area (Å²) >= 11 is 0. The van der Waals surface area contributed by atoms with Gasteiger partial charge >= 0.3 is 5.97 Å². The van der Waals surface area contributed by atoms with E-state index in [1.54, 1.807) is 0 Å². The largest absolute Gasteiger partial charge is 0.468 e. The smallest absolute Gasteiger partial charge is 0.326 e. The molecule has 0 bridgehead atoms. The van der Waals surface area contributed by atoms with Crippen LogP contribution in [0.2, 0.25) is 0 Å². The lowest BCUT2D eigenvalue weighted by Crippen LogP contribution is -2.34. The molecule has 1 aliphatic carbocycles. The molecule has 0 aromatic heterocycles. The summed E-state index contributed by atoms with van der Waals surface area (Å²) in [5.41, 5.74) is -0.846. The zero-order valence-electron chi connectivity index (χ0n) is 8.17. The average Bonchev–Trinajstić information content (AvgIpc) is 2.18. The first-order chi connectivity index (χ1) is 6.14. The SMILES string of the molecule is COC(=O)C1(C#N)CCC(C)CC1. The number of methoxy groups -OCH3 is 1. The molecule has 0 atom stereocenters. The van der Waals surface area contributed by atoms with E-state index in [0.29, 0.717) is 18.8 Å². The Kier molecular flexibility index (Phi) is 2.92. The molecule has 1 rings (SSSR count). The van der Waals surface area contributed by atoms with Crippen LogP contribution in [0.25, 0.3) is 0 Å². The molecule has 3 heteroatoms. The van der Waals surface area contributed by atoms with Crippen molar-refractivity contribution in [1.29, 1.82) is 5.26 Å². The molecule has 0 spiro atoms. The molecular formula is C10H15NO2. The molecule has 0 unspecified atom stereocenters. The highest BCUT2D eigenvalue weighted by molar-refractivity contribution is 5.80. The van der Waals surface area contributed by atoms with Crippen molar-refractivity contribution in [1.82, 2.24) is 0 Å². The first-order valence-electron chi connectivity index (χ1n) is 4.64. The lowest BCUT2D eigenvalue weighted by Gasteiger charge is -2.30. The monoisotopic (exact) mass is 181 g/mol. The Morgan fingerprint density at radius 3 is 2.46 bits per heavy atom. The standard InChI is InChI=1S/C10H15NO2/c1-8-3-5-10(7-11,6-4-8)9(12)13-2/h8H,3-6H2,1-2H3. The van der Waals surface area contributed by atoms with Gasteiger partial charge in [-0.1, -0.05) is 6.92 Å². The van der Waals surface area contributed by atoms with Crippen LogP contribution in [0.5, 0.6) is 0 Å². The summed E-state index contributed by atoms with van der Waals surface area (Å²) in [6, 6.07) is 2.11. The van der Waals surface area contributed by atoms with Crippen molar-refractivity contribution in [2.75, 3.05) is 7.11 Å². The summed E-state index contributed by atoms with van der Waals surface area (Å²) in [6.07, 6.45) is 3.19. The second-order valence-electron chi connectivity index (χ2n) is 3.87. The van der Waals surface area contributed by atoms with Crippen LogP contribution < -0.4 is 0 Å². The fourth-order valence-electron chi connectivity index (χ4n) is 1.81. The van der Waals surface area contributed by atoms with Gasteiger partial charge in [0, 0.05) is 0 Å². The number of nitriles is 1. The molecule has 0 heterocycles. The van der Waals surface area contributed by atoms with E-state index in [1.165, 1.54) is 7.11 Å². The van der Waals surface area contributed by atoms with Gasteiger partial charge in [0.1, 0.15) is 0 Å². The quantitative estimate of drug-likeness (QED) is 0.580. The van der Waals surface area contributed by atoms with E-state index in [0.717, 1.165) is 12.8 Å². The molecule has 0 aliphatic heterocycles. The van der Waals surface area contributed by atoms with Crippen molar-refractivity contribution in [3.8, 4) is 6.07 Å². The molecule has 0 radical (unpaired) electrons. The molecule has 1 saturated carbocycles. The Morgan fingerprint density at radius 2 is 2.08 bits per heavy atom. The van der Waals surface area contributed by atoms with Gasteiger partial charge in [0.15, 0.2) is 5.41 Å². The minimum Gasteiger partial charge on any atom is -0.468 e. The van der Waals surface area contributed by atoms with E-state index in [-0.39, 0.29) is 5.97 Å². The molecular weight excluding hydrogens is 166 g/mol. The van der Waals surface area contributed by atoms with Crippen molar-refractivity contribution >= 4 is 5.97 Å². The van der Waals surface area contributed by atoms with E-state index in [4.69, 9.17) is 5.26 Å². The molecule has 0 aromatic carbocycles. The van der Waals surface area contributed by atoms with Crippen molar-refractivity contribution in [2.45, 2.75) is 32.6 Å². The number of carbonyl (C=O) groups is 1. The number of nitrogens with zero attached hydrogens (tertiary/aromatic N) is 1. The predicted octanol–water partition coefficient (Wildman–Crippen LogP) is 1.88. The Balaban J connectivity index is 2.73. The third-order valence-corrected chi connectivity index (χ3v) is 2.92. The van der Waals surface area contributed by atoms with Crippen LogP contribution in [0.15, 0.2) is 0 Å². The second kappa shape index (κ2) is 3.78. The molecule has 13 heavy (non-hydrogen) atoms. The summed E-state index contributed by atoms with van der Waals surface area (Å²) in [4.78, 5) is 11.4. The molecule has 0 aromatic rings. The van der Waals surface area contributed by atoms with Gasteiger partial charge in [-0.3, -0.25) is 4.79 Å². The van der Waals surface area contributed by atoms with Gasteiger partial charge in [-0.2, -0.15) is 5.26 Å². The van der Waals surface area contributed by atoms with Crippen LogP contribution in [-0.4, -0.2) is 13.1 Å². The number of rotatable bonds is 1. The van der Waals surface area contributed by atoms with E-state index in [9.17, 15) is 4.79 Å². The van der Waals surface area contributed by atoms with Crippen LogP contribution in [0.3, 0.4) is 0 Å². The Bertz CT molecular complexity index is 234. The normalized spacial score (nSPS) is 33.5. The molecule has 0 amide bonds. The third-order valence-electron chi connectivity index (χ3n) is 2.92. The average molecular weight is 181 g/mol. The zero-order valence-corrected chi connectivity index (χ0v) is 8.17. The van der Waals surface area contributed by atoms with Crippen LogP contribution in [0.4, 0.5) is 0 Å². The lowest BCUT2D eigenvalue weighted by atomic mass is 9.72. The van der Waals surface area contributed by atoms with Crippen LogP contribution in [-0.2, 0) is 9.53 Å². The molecule has 3 nitrogen and oxygen atoms in total. The highest BCUT2D eigenvalue weighted by Gasteiger charge is 2.42. The van der Waals surface area contributed by atoms with Crippen molar-refractivity contribution < 1.29 is 9.53 Å². The maximum Gasteiger partial charge on any atom is 0.326 e. The Labute approximate surface area is 78.7 Å². The van der Waals surface area contributed by atoms with Crippen molar-refractivity contribution in [3.63, 3.8) is 0 Å². The van der Waals surface area contributed by atoms with Gasteiger partial charge in [0.2, 0.25) is 0 Å². The first kappa shape index (κ1) is 10.0. The van der Waals surface area contributed by atoms with Crippen LogP contribution in [0.1, 0.15) is 32.6 Å². The summed E-state index contributed by atoms with van der Waals surface area (Å²) in [5, 5.41) is 8.98. The number of ether oxygens (including phenoxy) is 1. The number of hydrogen-bond acceptors (Lipinski definition) is 3. The Morgan fingerprint density at radius 1 is 1.54 bits per heavy atom. The third kappa shape index (κ3) is 1.82. The fourth-order valence-corrected chi connectivity index (χ4v) is 1.81. The first-order valence-corrected chi connectivity index (χ1v) is 4.64. The second-order valence-corrected chi connectivity index (χ2v) is 3.87. The van der Waals surface area contributed by atoms with Gasteiger partial charge in [-0.15, -0.1) is 0 Å². The fraction of sp³-hybridized carbons (Fsp3) is 0.800. The minimum absolute atomic E-state index is 0.359. The van der Waals surface area contributed by atoms with E-state index < -0.39 is 5.41 Å². The minimum atomic E-state index is -0.846. The predicted molar refractivity (Wildman–Crippen MR) is 47.7 cm³/mol. The maximum atomic E-state index is 11.4. The number of carbonyl (C=O) groups excluding carboxylic acids is 1. The highest BCUT2D eigenvalue weighted by atomic mass is 16.5. The topological polar surface area (TPSA) is 50.1 Å². The molecule has 1 aliphatic rings. The summed E-state index contributed by atoms with van der Waals surface area (Å²) in [5.74, 6) is 0.271. The zero-order chi connectivity index (χ0) is 9.90. The van der Waals surface area contributed by atoms with Crippen LogP contribution in [0, 0.1) is 22.7 Å². The molecule has 0 saturated heterocycles. The highest BCUT2D eigenvalue weighted by Crippen LogP contribution is 2.39. The van der Waals surface area contributed by atoms with Gasteiger partial charge in [0.05, 0.1) is 13.2 Å². The summed E-state index contributed by atoms with van der Waals surface area (Å²) in [7, 11) is 1.35. The van der Waals surface area contributed by atoms with Crippen molar-refractivity contribution in [3.05, 3.63) is 0 Å². The van der Waals surface area contributed by atoms with E-state index in [2.05, 4.69) is 17.7 Å².